The maximum atomic E-state index is 14.1. The third-order valence-corrected chi connectivity index (χ3v) is 6.33. The lowest BCUT2D eigenvalue weighted by atomic mass is 10.0. The molecule has 3 aromatic rings. The van der Waals surface area contributed by atoms with Crippen LogP contribution in [0, 0.1) is 18.7 Å². The summed E-state index contributed by atoms with van der Waals surface area (Å²) < 4.78 is 14.1. The lowest BCUT2D eigenvalue weighted by molar-refractivity contribution is 0.0984. The molecule has 8 heteroatoms. The second-order valence-corrected chi connectivity index (χ2v) is 9.05. The first-order valence-electron chi connectivity index (χ1n) is 10.9. The van der Waals surface area contributed by atoms with Gasteiger partial charge in [-0.2, -0.15) is 0 Å². The predicted molar refractivity (Wildman–Crippen MR) is 135 cm³/mol. The van der Waals surface area contributed by atoms with E-state index in [9.17, 15) is 14.0 Å². The molecule has 0 saturated heterocycles. The minimum atomic E-state index is -0.710. The molecule has 2 aromatic carbocycles. The Morgan fingerprint density at radius 1 is 1.15 bits per heavy atom. The van der Waals surface area contributed by atoms with Crippen LogP contribution in [0.5, 0.6) is 0 Å². The number of carbonyl (C=O) groups excluding carboxylic acids is 2. The number of anilines is 1. The predicted octanol–water partition coefficient (Wildman–Crippen LogP) is 6.68. The van der Waals surface area contributed by atoms with Gasteiger partial charge in [0.15, 0.2) is 0 Å². The molecule has 4 rings (SSSR count). The molecule has 1 heterocycles. The molecule has 2 N–H and O–H groups in total. The van der Waals surface area contributed by atoms with E-state index in [1.54, 1.807) is 25.1 Å². The van der Waals surface area contributed by atoms with Gasteiger partial charge in [0.1, 0.15) is 11.6 Å². The van der Waals surface area contributed by atoms with Crippen molar-refractivity contribution in [3.8, 4) is 11.1 Å². The van der Waals surface area contributed by atoms with Crippen LogP contribution in [0.25, 0.3) is 11.1 Å². The average molecular weight is 502 g/mol. The van der Waals surface area contributed by atoms with Crippen molar-refractivity contribution in [2.24, 2.45) is 11.7 Å². The number of aromatic nitrogens is 1. The van der Waals surface area contributed by atoms with E-state index in [0.29, 0.717) is 33.1 Å². The van der Waals surface area contributed by atoms with E-state index < -0.39 is 17.6 Å². The van der Waals surface area contributed by atoms with E-state index >= 15 is 0 Å². The van der Waals surface area contributed by atoms with Crippen molar-refractivity contribution in [2.75, 3.05) is 11.9 Å². The minimum Gasteiger partial charge on any atom is -0.366 e. The van der Waals surface area contributed by atoms with Gasteiger partial charge in [0.2, 0.25) is 5.91 Å². The van der Waals surface area contributed by atoms with Gasteiger partial charge < -0.3 is 5.73 Å². The van der Waals surface area contributed by atoms with Gasteiger partial charge >= 0.3 is 0 Å². The molecule has 0 atom stereocenters. The number of aryl methyl sites for hydroxylation is 1. The summed E-state index contributed by atoms with van der Waals surface area (Å²) in [4.78, 5) is 29.8. The molecular formula is C26H26Cl2FN3O2. The van der Waals surface area contributed by atoms with Crippen molar-refractivity contribution < 1.29 is 14.0 Å². The third kappa shape index (κ3) is 5.93. The smallest absolute Gasteiger partial charge is 0.263 e. The number of nitrogens with two attached hydrogens (primary N) is 1. The van der Waals surface area contributed by atoms with Crippen molar-refractivity contribution in [3.63, 3.8) is 0 Å². The molecule has 0 bridgehead atoms. The van der Waals surface area contributed by atoms with E-state index in [4.69, 9.17) is 28.9 Å². The van der Waals surface area contributed by atoms with Gasteiger partial charge in [-0.05, 0) is 54.8 Å². The number of carbonyl (C=O) groups is 2. The molecule has 1 aromatic heterocycles. The SMILES string of the molecule is CCC1CC1.Cc1cc(-c2cc(C(N)=O)ccc2Cl)cnc1N(C)C(=O)c1c(F)cccc1Cl. The Morgan fingerprint density at radius 2 is 1.85 bits per heavy atom. The van der Waals surface area contributed by atoms with E-state index in [1.807, 2.05) is 0 Å². The van der Waals surface area contributed by atoms with Crippen LogP contribution in [0.2, 0.25) is 10.0 Å². The van der Waals surface area contributed by atoms with Crippen LogP contribution >= 0.6 is 23.2 Å². The topological polar surface area (TPSA) is 76.3 Å². The maximum absolute atomic E-state index is 14.1. The Bertz CT molecular complexity index is 1210. The van der Waals surface area contributed by atoms with Gasteiger partial charge in [0.05, 0.1) is 10.6 Å². The molecule has 0 unspecified atom stereocenters. The highest BCUT2D eigenvalue weighted by Crippen LogP contribution is 2.32. The highest BCUT2D eigenvalue weighted by molar-refractivity contribution is 6.34. The number of rotatable bonds is 5. The lowest BCUT2D eigenvalue weighted by Crippen LogP contribution is -2.29. The second-order valence-electron chi connectivity index (χ2n) is 8.24. The molecule has 178 valence electrons. The summed E-state index contributed by atoms with van der Waals surface area (Å²) in [6.07, 6.45) is 5.95. The number of hydrogen-bond donors (Lipinski definition) is 1. The molecule has 0 radical (unpaired) electrons. The molecule has 1 fully saturated rings. The van der Waals surface area contributed by atoms with Gasteiger partial charge in [-0.3, -0.25) is 14.5 Å². The first-order valence-corrected chi connectivity index (χ1v) is 11.7. The molecule has 1 aliphatic rings. The highest BCUT2D eigenvalue weighted by Gasteiger charge is 2.23. The lowest BCUT2D eigenvalue weighted by Gasteiger charge is -2.20. The largest absolute Gasteiger partial charge is 0.366 e. The van der Waals surface area contributed by atoms with Crippen LogP contribution in [0.4, 0.5) is 10.2 Å². The van der Waals surface area contributed by atoms with Gasteiger partial charge in [-0.15, -0.1) is 0 Å². The molecule has 1 saturated carbocycles. The first kappa shape index (κ1) is 25.7. The standard InChI is InChI=1S/C21H16Cl2FN3O2.C5H10/c1-11-8-13(14-9-12(19(25)28)6-7-15(14)22)10-26-20(11)27(2)21(29)18-16(23)4-3-5-17(18)24;1-2-5-3-4-5/h3-10H,1-2H3,(H2,25,28);5H,2-4H2,1H3. The van der Waals surface area contributed by atoms with Crippen LogP contribution in [0.15, 0.2) is 48.7 Å². The van der Waals surface area contributed by atoms with Crippen LogP contribution in [0.1, 0.15) is 52.5 Å². The first-order chi connectivity index (χ1) is 16.1. The summed E-state index contributed by atoms with van der Waals surface area (Å²) in [5.41, 5.74) is 7.29. The van der Waals surface area contributed by atoms with E-state index in [1.165, 1.54) is 61.7 Å². The summed E-state index contributed by atoms with van der Waals surface area (Å²) in [5.74, 6) is -0.435. The normalized spacial score (nSPS) is 12.5. The van der Waals surface area contributed by atoms with Crippen molar-refractivity contribution in [2.45, 2.75) is 33.1 Å². The Kier molecular flexibility index (Phi) is 8.28. The van der Waals surface area contributed by atoms with E-state index in [2.05, 4.69) is 11.9 Å². The van der Waals surface area contributed by atoms with Crippen LogP contribution < -0.4 is 10.6 Å². The number of hydrogen-bond acceptors (Lipinski definition) is 3. The van der Waals surface area contributed by atoms with Crippen LogP contribution in [-0.4, -0.2) is 23.8 Å². The van der Waals surface area contributed by atoms with Crippen LogP contribution in [-0.2, 0) is 0 Å². The Labute approximate surface area is 208 Å². The quantitative estimate of drug-likeness (QED) is 0.423. The molecule has 5 nitrogen and oxygen atoms in total. The molecule has 1 aliphatic carbocycles. The van der Waals surface area contributed by atoms with Gasteiger partial charge in [-0.25, -0.2) is 9.37 Å². The van der Waals surface area contributed by atoms with Crippen molar-refractivity contribution in [1.29, 1.82) is 0 Å². The minimum absolute atomic E-state index is 0.0196. The zero-order valence-corrected chi connectivity index (χ0v) is 20.8. The Balaban J connectivity index is 0.000000574. The van der Waals surface area contributed by atoms with E-state index in [0.717, 1.165) is 5.92 Å². The number of pyridine rings is 1. The van der Waals surface area contributed by atoms with Gasteiger partial charge in [0, 0.05) is 35.0 Å². The van der Waals surface area contributed by atoms with Crippen molar-refractivity contribution in [3.05, 3.63) is 81.2 Å². The van der Waals surface area contributed by atoms with Gasteiger partial charge in [0.25, 0.3) is 5.91 Å². The fourth-order valence-corrected chi connectivity index (χ4v) is 3.93. The maximum Gasteiger partial charge on any atom is 0.263 e. The Hall–Kier alpha value is -2.96. The van der Waals surface area contributed by atoms with Crippen molar-refractivity contribution in [1.82, 2.24) is 4.98 Å². The van der Waals surface area contributed by atoms with Gasteiger partial charge in [-0.1, -0.05) is 55.5 Å². The van der Waals surface area contributed by atoms with Crippen LogP contribution in [0.3, 0.4) is 0 Å². The molecule has 0 spiro atoms. The number of primary amides is 1. The van der Waals surface area contributed by atoms with E-state index in [-0.39, 0.29) is 10.6 Å². The number of benzene rings is 2. The molecule has 34 heavy (non-hydrogen) atoms. The summed E-state index contributed by atoms with van der Waals surface area (Å²) >= 11 is 12.3. The Morgan fingerprint density at radius 3 is 2.38 bits per heavy atom. The monoisotopic (exact) mass is 501 g/mol. The summed E-state index contributed by atoms with van der Waals surface area (Å²) in [5, 5.41) is 0.442. The number of nitrogens with zero attached hydrogens (tertiary/aromatic N) is 2. The fraction of sp³-hybridized carbons (Fsp3) is 0.269. The summed E-state index contributed by atoms with van der Waals surface area (Å²) in [6, 6.07) is 10.5. The zero-order chi connectivity index (χ0) is 25.0. The molecule has 0 aliphatic heterocycles. The molecular weight excluding hydrogens is 476 g/mol. The third-order valence-electron chi connectivity index (χ3n) is 5.69. The zero-order valence-electron chi connectivity index (χ0n) is 19.2. The number of amides is 2. The highest BCUT2D eigenvalue weighted by atomic mass is 35.5. The number of halogens is 3. The fourth-order valence-electron chi connectivity index (χ4n) is 3.46. The van der Waals surface area contributed by atoms with Crippen molar-refractivity contribution >= 4 is 40.8 Å². The second kappa shape index (κ2) is 11.0. The molecule has 2 amide bonds. The summed E-state index contributed by atoms with van der Waals surface area (Å²) in [7, 11) is 1.49. The summed E-state index contributed by atoms with van der Waals surface area (Å²) in [6.45, 7) is 4.02. The average Bonchev–Trinajstić information content (AvgIpc) is 3.64.